The minimum absolute atomic E-state index is 0.110. The Morgan fingerprint density at radius 2 is 0.893 bits per heavy atom. The molecule has 8 rings (SSSR count). The predicted molar refractivity (Wildman–Crippen MR) is 241 cm³/mol. The highest BCUT2D eigenvalue weighted by Gasteiger charge is 2.28. The minimum atomic E-state index is -0.110. The summed E-state index contributed by atoms with van der Waals surface area (Å²) < 4.78 is 7.43. The van der Waals surface area contributed by atoms with Crippen LogP contribution in [0.25, 0.3) is 44.5 Å². The van der Waals surface area contributed by atoms with Crippen molar-refractivity contribution in [2.45, 2.75) is 26.2 Å². The van der Waals surface area contributed by atoms with Crippen LogP contribution in [0.5, 0.6) is 11.5 Å². The predicted octanol–water partition coefficient (Wildman–Crippen LogP) is 16.3. The summed E-state index contributed by atoms with van der Waals surface area (Å²) in [5, 5.41) is 0.554. The van der Waals surface area contributed by atoms with Crippen molar-refractivity contribution in [3.8, 4) is 56.0 Å². The summed E-state index contributed by atoms with van der Waals surface area (Å²) in [6, 6.07) is 67.7. The fourth-order valence-corrected chi connectivity index (χ4v) is 7.76. The Morgan fingerprint density at radius 1 is 0.482 bits per heavy atom. The second kappa shape index (κ2) is 16.1. The molecule has 2 nitrogen and oxygen atoms in total. The van der Waals surface area contributed by atoms with Crippen LogP contribution in [0.3, 0.4) is 0 Å². The van der Waals surface area contributed by atoms with Gasteiger partial charge < -0.3 is 9.64 Å². The Kier molecular flexibility index (Phi) is 10.6. The fraction of sp³-hybridized carbons (Fsp3) is 0.0769. The van der Waals surface area contributed by atoms with Gasteiger partial charge in [-0.05, 0) is 103 Å². The van der Waals surface area contributed by atoms with Gasteiger partial charge >= 0.3 is 0 Å². The third-order valence-corrected chi connectivity index (χ3v) is 11.0. The van der Waals surface area contributed by atoms with Crippen LogP contribution in [0.4, 0.5) is 17.1 Å². The van der Waals surface area contributed by atoms with Crippen LogP contribution in [0.1, 0.15) is 26.3 Å². The molecular weight excluding hydrogens is 770 g/mol. The zero-order valence-electron chi connectivity index (χ0n) is 31.6. The van der Waals surface area contributed by atoms with Crippen molar-refractivity contribution in [1.82, 2.24) is 0 Å². The maximum atomic E-state index is 7.09. The lowest BCUT2D eigenvalue weighted by Gasteiger charge is -2.33. The number of nitrogens with zero attached hydrogens (tertiary/aromatic N) is 1. The summed E-state index contributed by atoms with van der Waals surface area (Å²) in [5.41, 5.74) is 13.0. The number of rotatable bonds is 9. The molecule has 0 bridgehead atoms. The van der Waals surface area contributed by atoms with Gasteiger partial charge in [-0.15, -0.1) is 0 Å². The Labute approximate surface area is 343 Å². The average Bonchev–Trinajstić information content (AvgIpc) is 3.24. The van der Waals surface area contributed by atoms with Gasteiger partial charge in [0.1, 0.15) is 11.5 Å². The van der Waals surface area contributed by atoms with Gasteiger partial charge in [-0.1, -0.05) is 178 Å². The van der Waals surface area contributed by atoms with Crippen molar-refractivity contribution in [3.63, 3.8) is 0 Å². The summed E-state index contributed by atoms with van der Waals surface area (Å²) >= 11 is 11.1. The van der Waals surface area contributed by atoms with Crippen LogP contribution in [-0.2, 0) is 5.41 Å². The molecule has 0 aromatic heterocycles. The van der Waals surface area contributed by atoms with E-state index in [2.05, 4.69) is 187 Å². The first-order valence-corrected chi connectivity index (χ1v) is 20.0. The van der Waals surface area contributed by atoms with Crippen LogP contribution in [0.15, 0.2) is 199 Å². The largest absolute Gasteiger partial charge is 0.456 e. The zero-order valence-corrected chi connectivity index (χ0v) is 33.9. The van der Waals surface area contributed by atoms with Gasteiger partial charge in [0.25, 0.3) is 0 Å². The van der Waals surface area contributed by atoms with Crippen LogP contribution < -0.4 is 9.64 Å². The molecule has 8 aromatic rings. The van der Waals surface area contributed by atoms with Gasteiger partial charge in [-0.2, -0.15) is 0 Å². The number of hydrogen-bond donors (Lipinski definition) is 0. The fourth-order valence-electron chi connectivity index (χ4n) is 7.07. The lowest BCUT2D eigenvalue weighted by Crippen LogP contribution is -2.16. The van der Waals surface area contributed by atoms with Gasteiger partial charge in [0.05, 0.1) is 15.8 Å². The monoisotopic (exact) mass is 809 g/mol. The smallest absolute Gasteiger partial charge is 0.145 e. The lowest BCUT2D eigenvalue weighted by molar-refractivity contribution is 0.480. The van der Waals surface area contributed by atoms with Crippen molar-refractivity contribution in [2.24, 2.45) is 0 Å². The lowest BCUT2D eigenvalue weighted by atomic mass is 9.82. The van der Waals surface area contributed by atoms with E-state index >= 15 is 0 Å². The highest BCUT2D eigenvalue weighted by Crippen LogP contribution is 2.52. The molecule has 0 N–H and O–H groups in total. The van der Waals surface area contributed by atoms with Gasteiger partial charge in [0.2, 0.25) is 0 Å². The SMILES string of the molecule is CC(C)(C)c1cc(-c2ccccc2)c(N(c2ccc(-c3ccccc3)cc2)c2cc(Cl)cc(Oc3ccc(-c4ccccc4)cc3)c2Br)c(-c2ccccc2)c1. The van der Waals surface area contributed by atoms with Crippen molar-refractivity contribution in [1.29, 1.82) is 0 Å². The molecule has 0 unspecified atom stereocenters. The summed E-state index contributed by atoms with van der Waals surface area (Å²) in [6.45, 7) is 6.82. The van der Waals surface area contributed by atoms with E-state index in [4.69, 9.17) is 16.3 Å². The molecule has 0 atom stereocenters. The van der Waals surface area contributed by atoms with Gasteiger partial charge in [-0.25, -0.2) is 0 Å². The second-order valence-electron chi connectivity index (χ2n) is 14.9. The van der Waals surface area contributed by atoms with Gasteiger partial charge in [0.15, 0.2) is 0 Å². The summed E-state index contributed by atoms with van der Waals surface area (Å²) in [6.07, 6.45) is 0. The molecule has 0 aliphatic carbocycles. The molecule has 0 fully saturated rings. The molecule has 4 heteroatoms. The quantitative estimate of drug-likeness (QED) is 0.144. The van der Waals surface area contributed by atoms with E-state index in [-0.39, 0.29) is 5.41 Å². The number of ether oxygens (including phenoxy) is 1. The van der Waals surface area contributed by atoms with E-state index < -0.39 is 0 Å². The Bertz CT molecular complexity index is 2510. The first kappa shape index (κ1) is 37.1. The van der Waals surface area contributed by atoms with Crippen molar-refractivity contribution < 1.29 is 4.74 Å². The van der Waals surface area contributed by atoms with Crippen LogP contribution >= 0.6 is 27.5 Å². The van der Waals surface area contributed by atoms with E-state index in [1.54, 1.807) is 0 Å². The maximum Gasteiger partial charge on any atom is 0.145 e. The molecule has 0 spiro atoms. The van der Waals surface area contributed by atoms with Crippen LogP contribution in [-0.4, -0.2) is 0 Å². The third kappa shape index (κ3) is 7.93. The molecule has 0 radical (unpaired) electrons. The Balaban J connectivity index is 1.36. The molecule has 56 heavy (non-hydrogen) atoms. The van der Waals surface area contributed by atoms with Gasteiger partial charge in [0, 0.05) is 27.9 Å². The average molecular weight is 811 g/mol. The molecular formula is C52H41BrClNO. The minimum Gasteiger partial charge on any atom is -0.456 e. The normalized spacial score (nSPS) is 11.3. The number of benzene rings is 8. The first-order valence-electron chi connectivity index (χ1n) is 18.8. The molecule has 0 heterocycles. The zero-order chi connectivity index (χ0) is 38.6. The summed E-state index contributed by atoms with van der Waals surface area (Å²) in [7, 11) is 0. The molecule has 274 valence electrons. The number of anilines is 3. The number of halogens is 2. The molecule has 8 aromatic carbocycles. The number of hydrogen-bond acceptors (Lipinski definition) is 2. The van der Waals surface area contributed by atoms with Crippen molar-refractivity contribution in [3.05, 3.63) is 209 Å². The van der Waals surface area contributed by atoms with E-state index in [9.17, 15) is 0 Å². The molecule has 0 aliphatic rings. The highest BCUT2D eigenvalue weighted by molar-refractivity contribution is 9.10. The first-order chi connectivity index (χ1) is 27.2. The summed E-state index contributed by atoms with van der Waals surface area (Å²) in [4.78, 5) is 2.33. The van der Waals surface area contributed by atoms with E-state index in [0.29, 0.717) is 16.5 Å². The second-order valence-corrected chi connectivity index (χ2v) is 16.1. The van der Waals surface area contributed by atoms with Crippen LogP contribution in [0.2, 0.25) is 5.02 Å². The molecule has 0 saturated heterocycles. The third-order valence-electron chi connectivity index (χ3n) is 10.0. The van der Waals surface area contributed by atoms with Crippen molar-refractivity contribution in [2.75, 3.05) is 4.90 Å². The van der Waals surface area contributed by atoms with E-state index in [1.807, 2.05) is 48.5 Å². The highest BCUT2D eigenvalue weighted by atomic mass is 79.9. The molecule has 0 saturated carbocycles. The maximum absolute atomic E-state index is 7.09. The van der Waals surface area contributed by atoms with Crippen LogP contribution in [0, 0.1) is 0 Å². The molecule has 0 aliphatic heterocycles. The topological polar surface area (TPSA) is 12.5 Å². The van der Waals surface area contributed by atoms with E-state index in [1.165, 1.54) is 5.56 Å². The Hall–Kier alpha value is -5.87. The summed E-state index contributed by atoms with van der Waals surface area (Å²) in [5.74, 6) is 1.32. The van der Waals surface area contributed by atoms with Gasteiger partial charge in [-0.3, -0.25) is 0 Å². The molecule has 0 amide bonds. The van der Waals surface area contributed by atoms with Crippen molar-refractivity contribution >= 4 is 44.6 Å². The van der Waals surface area contributed by atoms with E-state index in [0.717, 1.165) is 66.0 Å². The Morgan fingerprint density at radius 3 is 1.34 bits per heavy atom. The standard InChI is InChI=1S/C52H41BrClNO/c1-52(2,3)42-32-46(40-20-12-6-13-21-40)51(47(33-42)41-22-14-7-15-23-41)55(44-28-24-38(25-29-44)36-16-8-4-9-17-36)48-34-43(54)35-49(50(48)53)56-45-30-26-39(27-31-45)37-18-10-5-11-19-37/h4-35H,1-3H3.